The van der Waals surface area contributed by atoms with Crippen LogP contribution < -0.4 is 5.73 Å². The number of benzene rings is 1. The molecular formula is C13H17F2NO2S. The molecule has 106 valence electrons. The van der Waals surface area contributed by atoms with Gasteiger partial charge in [0.05, 0.1) is 0 Å². The monoisotopic (exact) mass is 289 g/mol. The highest BCUT2D eigenvalue weighted by Crippen LogP contribution is 2.42. The SMILES string of the molecule is CS(=O)(=O)c1cc(F)cc(C2(CN)CCCC2)c1F. The smallest absolute Gasteiger partial charge is 0.178 e. The first kappa shape index (κ1) is 14.4. The summed E-state index contributed by atoms with van der Waals surface area (Å²) in [6, 6.07) is 1.82. The van der Waals surface area contributed by atoms with Crippen molar-refractivity contribution < 1.29 is 17.2 Å². The molecule has 2 N–H and O–H groups in total. The Morgan fingerprint density at radius 2 is 1.84 bits per heavy atom. The lowest BCUT2D eigenvalue weighted by atomic mass is 9.78. The van der Waals surface area contributed by atoms with Crippen LogP contribution >= 0.6 is 0 Å². The lowest BCUT2D eigenvalue weighted by Gasteiger charge is -2.28. The van der Waals surface area contributed by atoms with Crippen molar-refractivity contribution in [3.8, 4) is 0 Å². The van der Waals surface area contributed by atoms with Crippen LogP contribution in [0.1, 0.15) is 31.2 Å². The Bertz CT molecular complexity index is 593. The van der Waals surface area contributed by atoms with Crippen LogP contribution in [-0.2, 0) is 15.3 Å². The maximum absolute atomic E-state index is 14.4. The summed E-state index contributed by atoms with van der Waals surface area (Å²) in [4.78, 5) is -0.581. The van der Waals surface area contributed by atoms with Crippen LogP contribution in [0.4, 0.5) is 8.78 Å². The molecule has 0 atom stereocenters. The second-order valence-electron chi connectivity index (χ2n) is 5.23. The molecule has 1 aliphatic rings. The Hall–Kier alpha value is -1.01. The summed E-state index contributed by atoms with van der Waals surface area (Å²) in [5.74, 6) is -1.59. The Morgan fingerprint density at radius 1 is 1.26 bits per heavy atom. The average Bonchev–Trinajstić information content (AvgIpc) is 2.80. The molecule has 6 heteroatoms. The maximum Gasteiger partial charge on any atom is 0.178 e. The molecule has 0 saturated heterocycles. The van der Waals surface area contributed by atoms with Crippen molar-refractivity contribution in [3.63, 3.8) is 0 Å². The number of nitrogens with two attached hydrogens (primary N) is 1. The largest absolute Gasteiger partial charge is 0.330 e. The van der Waals surface area contributed by atoms with Crippen molar-refractivity contribution in [1.82, 2.24) is 0 Å². The van der Waals surface area contributed by atoms with Gasteiger partial charge in [-0.25, -0.2) is 17.2 Å². The van der Waals surface area contributed by atoms with E-state index in [1.807, 2.05) is 0 Å². The van der Waals surface area contributed by atoms with Crippen LogP contribution in [0.15, 0.2) is 17.0 Å². The van der Waals surface area contributed by atoms with Gasteiger partial charge in [0.15, 0.2) is 9.84 Å². The molecule has 3 nitrogen and oxygen atoms in total. The minimum atomic E-state index is -3.80. The van der Waals surface area contributed by atoms with Gasteiger partial charge in [-0.2, -0.15) is 0 Å². The summed E-state index contributed by atoms with van der Waals surface area (Å²) < 4.78 is 51.1. The van der Waals surface area contributed by atoms with E-state index in [2.05, 4.69) is 0 Å². The second kappa shape index (κ2) is 4.83. The minimum Gasteiger partial charge on any atom is -0.330 e. The van der Waals surface area contributed by atoms with E-state index in [0.717, 1.165) is 31.2 Å². The molecule has 19 heavy (non-hydrogen) atoms. The molecule has 0 aliphatic heterocycles. The fourth-order valence-corrected chi connectivity index (χ4v) is 3.62. The Labute approximate surface area is 111 Å². The van der Waals surface area contributed by atoms with Gasteiger partial charge in [0.25, 0.3) is 0 Å². The highest BCUT2D eigenvalue weighted by Gasteiger charge is 2.38. The molecule has 0 amide bonds. The normalized spacial score (nSPS) is 18.7. The maximum atomic E-state index is 14.4. The van der Waals surface area contributed by atoms with E-state index in [0.29, 0.717) is 12.8 Å². The fraction of sp³-hybridized carbons (Fsp3) is 0.538. The van der Waals surface area contributed by atoms with Gasteiger partial charge in [-0.15, -0.1) is 0 Å². The zero-order valence-electron chi connectivity index (χ0n) is 10.7. The third-order valence-electron chi connectivity index (χ3n) is 3.93. The molecule has 0 radical (unpaired) electrons. The summed E-state index contributed by atoms with van der Waals surface area (Å²) in [5, 5.41) is 0. The van der Waals surface area contributed by atoms with Crippen LogP contribution in [-0.4, -0.2) is 21.2 Å². The highest BCUT2D eigenvalue weighted by atomic mass is 32.2. The molecular weight excluding hydrogens is 272 g/mol. The van der Waals surface area contributed by atoms with Crippen molar-refractivity contribution >= 4 is 9.84 Å². The van der Waals surface area contributed by atoms with Crippen LogP contribution in [0.25, 0.3) is 0 Å². The number of sulfone groups is 1. The van der Waals surface area contributed by atoms with Crippen molar-refractivity contribution in [2.75, 3.05) is 12.8 Å². The van der Waals surface area contributed by atoms with Crippen molar-refractivity contribution in [1.29, 1.82) is 0 Å². The molecule has 1 fully saturated rings. The van der Waals surface area contributed by atoms with Gasteiger partial charge in [-0.05, 0) is 30.5 Å². The van der Waals surface area contributed by atoms with Gasteiger partial charge in [-0.3, -0.25) is 0 Å². The Balaban J connectivity index is 2.68. The molecule has 0 heterocycles. The van der Waals surface area contributed by atoms with Gasteiger partial charge >= 0.3 is 0 Å². The zero-order valence-corrected chi connectivity index (χ0v) is 11.6. The Morgan fingerprint density at radius 3 is 2.32 bits per heavy atom. The molecule has 1 aromatic rings. The topological polar surface area (TPSA) is 60.2 Å². The van der Waals surface area contributed by atoms with Crippen molar-refractivity contribution in [2.45, 2.75) is 36.0 Å². The van der Waals surface area contributed by atoms with E-state index in [-0.39, 0.29) is 12.1 Å². The predicted octanol–water partition coefficient (Wildman–Crippen LogP) is 2.14. The molecule has 1 aliphatic carbocycles. The Kier molecular flexibility index (Phi) is 3.66. The first-order valence-electron chi connectivity index (χ1n) is 6.20. The fourth-order valence-electron chi connectivity index (χ4n) is 2.86. The lowest BCUT2D eigenvalue weighted by molar-refractivity contribution is 0.415. The molecule has 0 aromatic heterocycles. The molecule has 1 saturated carbocycles. The molecule has 2 rings (SSSR count). The summed E-state index contributed by atoms with van der Waals surface area (Å²) >= 11 is 0. The zero-order chi connectivity index (χ0) is 14.3. The van der Waals surface area contributed by atoms with E-state index in [1.165, 1.54) is 0 Å². The minimum absolute atomic E-state index is 0.105. The molecule has 1 aromatic carbocycles. The van der Waals surface area contributed by atoms with Crippen LogP contribution in [0.5, 0.6) is 0 Å². The summed E-state index contributed by atoms with van der Waals surface area (Å²) in [5.41, 5.74) is 5.21. The summed E-state index contributed by atoms with van der Waals surface area (Å²) in [6.45, 7) is 0.191. The lowest BCUT2D eigenvalue weighted by Crippen LogP contribution is -2.33. The summed E-state index contributed by atoms with van der Waals surface area (Å²) in [6.07, 6.45) is 3.97. The van der Waals surface area contributed by atoms with E-state index < -0.39 is 31.8 Å². The highest BCUT2D eigenvalue weighted by molar-refractivity contribution is 7.90. The van der Waals surface area contributed by atoms with Crippen LogP contribution in [0.3, 0.4) is 0 Å². The number of rotatable bonds is 3. The van der Waals surface area contributed by atoms with Crippen LogP contribution in [0, 0.1) is 11.6 Å². The van der Waals surface area contributed by atoms with Crippen molar-refractivity contribution in [3.05, 3.63) is 29.3 Å². The number of hydrogen-bond acceptors (Lipinski definition) is 3. The molecule has 0 unspecified atom stereocenters. The third kappa shape index (κ3) is 2.51. The van der Waals surface area contributed by atoms with E-state index in [4.69, 9.17) is 5.73 Å². The average molecular weight is 289 g/mol. The standard InChI is InChI=1S/C13H17F2NO2S/c1-19(17,18)11-7-9(14)6-10(12(11)15)13(8-16)4-2-3-5-13/h6-7H,2-5,8,16H2,1H3. The van der Waals surface area contributed by atoms with Crippen LogP contribution in [0.2, 0.25) is 0 Å². The number of halogens is 2. The van der Waals surface area contributed by atoms with E-state index in [1.54, 1.807) is 0 Å². The van der Waals surface area contributed by atoms with Gasteiger partial charge in [-0.1, -0.05) is 12.8 Å². The quantitative estimate of drug-likeness (QED) is 0.927. The summed E-state index contributed by atoms with van der Waals surface area (Å²) in [7, 11) is -3.80. The first-order valence-corrected chi connectivity index (χ1v) is 8.09. The van der Waals surface area contributed by atoms with E-state index >= 15 is 0 Å². The van der Waals surface area contributed by atoms with Gasteiger partial charge in [0, 0.05) is 18.2 Å². The van der Waals surface area contributed by atoms with Gasteiger partial charge in [0.1, 0.15) is 16.5 Å². The van der Waals surface area contributed by atoms with E-state index in [9.17, 15) is 17.2 Å². The van der Waals surface area contributed by atoms with Gasteiger partial charge < -0.3 is 5.73 Å². The molecule has 0 spiro atoms. The second-order valence-corrected chi connectivity index (χ2v) is 7.21. The van der Waals surface area contributed by atoms with Crippen molar-refractivity contribution in [2.24, 2.45) is 5.73 Å². The first-order chi connectivity index (χ1) is 8.80. The predicted molar refractivity (Wildman–Crippen MR) is 68.7 cm³/mol. The molecule has 0 bridgehead atoms. The van der Waals surface area contributed by atoms with Gasteiger partial charge in [0.2, 0.25) is 0 Å². The number of hydrogen-bond donors (Lipinski definition) is 1. The third-order valence-corrected chi connectivity index (χ3v) is 5.02.